The molecule has 0 aliphatic heterocycles. The summed E-state index contributed by atoms with van der Waals surface area (Å²) in [6, 6.07) is 4.02. The van der Waals surface area contributed by atoms with Crippen LogP contribution in [0.25, 0.3) is 0 Å². The van der Waals surface area contributed by atoms with Crippen molar-refractivity contribution in [3.8, 4) is 0 Å². The molecule has 1 aromatic carbocycles. The van der Waals surface area contributed by atoms with Gasteiger partial charge >= 0.3 is 0 Å². The van der Waals surface area contributed by atoms with Crippen LogP contribution in [0.5, 0.6) is 0 Å². The summed E-state index contributed by atoms with van der Waals surface area (Å²) in [5.74, 6) is -0.0466. The maximum absolute atomic E-state index is 14.1. The van der Waals surface area contributed by atoms with Crippen molar-refractivity contribution in [2.45, 2.75) is 51.6 Å². The number of aromatic nitrogens is 2. The molecule has 0 amide bonds. The first-order valence-electron chi connectivity index (χ1n) is 9.80. The summed E-state index contributed by atoms with van der Waals surface area (Å²) in [5, 5.41) is 7.95. The summed E-state index contributed by atoms with van der Waals surface area (Å²) in [4.78, 5) is 6.61. The first-order valence-corrected chi connectivity index (χ1v) is 9.80. The molecule has 160 valence electrons. The Morgan fingerprint density at radius 3 is 2.59 bits per heavy atom. The third kappa shape index (κ3) is 5.46. The molecular weight excluding hydrogens is 487 g/mol. The van der Waals surface area contributed by atoms with Crippen molar-refractivity contribution in [1.29, 1.82) is 0 Å². The molecule has 2 unspecified atom stereocenters. The summed E-state index contributed by atoms with van der Waals surface area (Å²) in [6.45, 7) is 7.52. The van der Waals surface area contributed by atoms with Crippen molar-refractivity contribution in [2.75, 3.05) is 13.6 Å². The number of halogens is 3. The van der Waals surface area contributed by atoms with Gasteiger partial charge in [-0.1, -0.05) is 19.9 Å². The van der Waals surface area contributed by atoms with E-state index in [1.54, 1.807) is 0 Å². The predicted molar refractivity (Wildman–Crippen MR) is 123 cm³/mol. The Morgan fingerprint density at radius 2 is 2.00 bits per heavy atom. The fourth-order valence-corrected chi connectivity index (χ4v) is 3.62. The number of nitrogens with one attached hydrogen (secondary N) is 1. The molecule has 1 fully saturated rings. The van der Waals surface area contributed by atoms with Crippen molar-refractivity contribution >= 4 is 29.9 Å². The second-order valence-electron chi connectivity index (χ2n) is 7.75. The van der Waals surface area contributed by atoms with E-state index in [1.165, 1.54) is 18.2 Å². The van der Waals surface area contributed by atoms with E-state index in [4.69, 9.17) is 0 Å². The lowest BCUT2D eigenvalue weighted by Crippen LogP contribution is -2.40. The van der Waals surface area contributed by atoms with Crippen LogP contribution in [0, 0.1) is 11.6 Å². The summed E-state index contributed by atoms with van der Waals surface area (Å²) in [6.07, 6.45) is 2.72. The molecule has 1 heterocycles. The van der Waals surface area contributed by atoms with E-state index >= 15 is 0 Å². The Morgan fingerprint density at radius 1 is 1.34 bits per heavy atom. The lowest BCUT2D eigenvalue weighted by molar-refractivity contribution is 0.470. The molecular formula is C21H30F2IN5. The molecule has 1 aromatic heterocycles. The van der Waals surface area contributed by atoms with Crippen LogP contribution in [-0.4, -0.2) is 40.3 Å². The van der Waals surface area contributed by atoms with Gasteiger partial charge in [-0.05, 0) is 31.4 Å². The van der Waals surface area contributed by atoms with E-state index in [0.717, 1.165) is 17.2 Å². The average molecular weight is 517 g/mol. The van der Waals surface area contributed by atoms with E-state index < -0.39 is 11.6 Å². The number of benzene rings is 1. The van der Waals surface area contributed by atoms with Crippen LogP contribution in [0.1, 0.15) is 55.8 Å². The Kier molecular flexibility index (Phi) is 8.02. The molecule has 1 aliphatic rings. The maximum Gasteiger partial charge on any atom is 0.194 e. The van der Waals surface area contributed by atoms with E-state index in [0.29, 0.717) is 25.4 Å². The zero-order valence-electron chi connectivity index (χ0n) is 17.6. The van der Waals surface area contributed by atoms with Crippen LogP contribution in [0.2, 0.25) is 0 Å². The van der Waals surface area contributed by atoms with Crippen molar-refractivity contribution < 1.29 is 8.78 Å². The lowest BCUT2D eigenvalue weighted by Gasteiger charge is -2.23. The van der Waals surface area contributed by atoms with Gasteiger partial charge in [0.05, 0.1) is 5.69 Å². The van der Waals surface area contributed by atoms with Crippen molar-refractivity contribution in [2.24, 2.45) is 12.0 Å². The standard InChI is InChI=1S/C21H29F2N5.HI/c1-6-24-21(27(4)11-14-12-28(5)26-20(14)13(2)3)25-18-10-15(18)19-16(22)8-7-9-17(19)23;/h7-9,12-13,15,18H,6,10-11H2,1-5H3,(H,24,25);1H. The van der Waals surface area contributed by atoms with Gasteiger partial charge in [0.1, 0.15) is 11.6 Å². The SMILES string of the molecule is CCN=C(NC1CC1c1c(F)cccc1F)N(C)Cc1cn(C)nc1C(C)C.I. The number of guanidine groups is 1. The number of hydrogen-bond donors (Lipinski definition) is 1. The number of rotatable bonds is 6. The van der Waals surface area contributed by atoms with Crippen LogP contribution in [-0.2, 0) is 13.6 Å². The monoisotopic (exact) mass is 517 g/mol. The Hall–Kier alpha value is -1.71. The van der Waals surface area contributed by atoms with Crippen molar-refractivity contribution in [3.63, 3.8) is 0 Å². The van der Waals surface area contributed by atoms with Gasteiger partial charge in [0.25, 0.3) is 0 Å². The molecule has 1 aliphatic carbocycles. The molecule has 3 rings (SSSR count). The van der Waals surface area contributed by atoms with E-state index in [-0.39, 0.29) is 41.5 Å². The van der Waals surface area contributed by atoms with Gasteiger partial charge in [0.15, 0.2) is 5.96 Å². The third-order valence-corrected chi connectivity index (χ3v) is 5.04. The molecule has 1 N–H and O–H groups in total. The summed E-state index contributed by atoms with van der Waals surface area (Å²) >= 11 is 0. The van der Waals surface area contributed by atoms with Crippen molar-refractivity contribution in [3.05, 3.63) is 52.9 Å². The first kappa shape index (κ1) is 23.6. The molecule has 0 radical (unpaired) electrons. The molecule has 0 bridgehead atoms. The highest BCUT2D eigenvalue weighted by molar-refractivity contribution is 14.0. The van der Waals surface area contributed by atoms with Gasteiger partial charge in [-0.15, -0.1) is 24.0 Å². The fourth-order valence-electron chi connectivity index (χ4n) is 3.62. The minimum Gasteiger partial charge on any atom is -0.353 e. The zero-order chi connectivity index (χ0) is 20.4. The van der Waals surface area contributed by atoms with Gasteiger partial charge in [-0.2, -0.15) is 5.10 Å². The van der Waals surface area contributed by atoms with Crippen LogP contribution < -0.4 is 5.32 Å². The van der Waals surface area contributed by atoms with Gasteiger partial charge in [0.2, 0.25) is 0 Å². The highest BCUT2D eigenvalue weighted by Gasteiger charge is 2.42. The van der Waals surface area contributed by atoms with Crippen LogP contribution >= 0.6 is 24.0 Å². The van der Waals surface area contributed by atoms with Gasteiger partial charge in [0, 0.05) is 56.5 Å². The normalized spacial score (nSPS) is 18.6. The molecule has 2 atom stereocenters. The first-order chi connectivity index (χ1) is 13.3. The van der Waals surface area contributed by atoms with Crippen molar-refractivity contribution in [1.82, 2.24) is 20.0 Å². The highest BCUT2D eigenvalue weighted by Crippen LogP contribution is 2.43. The van der Waals surface area contributed by atoms with Crippen LogP contribution in [0.4, 0.5) is 8.78 Å². The molecule has 8 heteroatoms. The van der Waals surface area contributed by atoms with Crippen LogP contribution in [0.3, 0.4) is 0 Å². The summed E-state index contributed by atoms with van der Waals surface area (Å²) < 4.78 is 29.9. The predicted octanol–water partition coefficient (Wildman–Crippen LogP) is 4.39. The zero-order valence-corrected chi connectivity index (χ0v) is 19.9. The largest absolute Gasteiger partial charge is 0.353 e. The smallest absolute Gasteiger partial charge is 0.194 e. The maximum atomic E-state index is 14.1. The second kappa shape index (κ2) is 9.86. The van der Waals surface area contributed by atoms with E-state index in [9.17, 15) is 8.78 Å². The van der Waals surface area contributed by atoms with Crippen LogP contribution in [0.15, 0.2) is 29.4 Å². The third-order valence-electron chi connectivity index (χ3n) is 5.04. The minimum atomic E-state index is -0.478. The van der Waals surface area contributed by atoms with Gasteiger partial charge in [-0.25, -0.2) is 8.78 Å². The number of aliphatic imine (C=N–C) groups is 1. The van der Waals surface area contributed by atoms with E-state index in [1.807, 2.05) is 36.8 Å². The molecule has 1 saturated carbocycles. The highest BCUT2D eigenvalue weighted by atomic mass is 127. The fraction of sp³-hybridized carbons (Fsp3) is 0.524. The second-order valence-corrected chi connectivity index (χ2v) is 7.75. The molecule has 29 heavy (non-hydrogen) atoms. The number of aryl methyl sites for hydroxylation is 1. The van der Waals surface area contributed by atoms with Gasteiger partial charge in [-0.3, -0.25) is 9.67 Å². The number of hydrogen-bond acceptors (Lipinski definition) is 2. The minimum absolute atomic E-state index is 0. The lowest BCUT2D eigenvalue weighted by atomic mass is 10.1. The Balaban J connectivity index is 0.00000300. The Bertz CT molecular complexity index is 845. The topological polar surface area (TPSA) is 45.5 Å². The quantitative estimate of drug-likeness (QED) is 0.351. The average Bonchev–Trinajstić information content (AvgIpc) is 3.26. The molecule has 2 aromatic rings. The summed E-state index contributed by atoms with van der Waals surface area (Å²) in [7, 11) is 3.89. The Labute approximate surface area is 188 Å². The number of nitrogens with zero attached hydrogens (tertiary/aromatic N) is 4. The molecule has 0 spiro atoms. The summed E-state index contributed by atoms with van der Waals surface area (Å²) in [5.41, 5.74) is 2.40. The van der Waals surface area contributed by atoms with Gasteiger partial charge < -0.3 is 10.2 Å². The van der Waals surface area contributed by atoms with E-state index in [2.05, 4.69) is 29.3 Å². The molecule has 5 nitrogen and oxygen atoms in total. The molecule has 0 saturated heterocycles.